The molecule has 0 atom stereocenters. The van der Waals surface area contributed by atoms with Crippen molar-refractivity contribution in [2.45, 2.75) is 14.0 Å². The van der Waals surface area contributed by atoms with Crippen LogP contribution in [0.1, 0.15) is 33.8 Å². The van der Waals surface area contributed by atoms with E-state index >= 15 is 0 Å². The summed E-state index contributed by atoms with van der Waals surface area (Å²) in [7, 11) is 3.28. The van der Waals surface area contributed by atoms with Crippen molar-refractivity contribution in [1.82, 2.24) is 9.58 Å². The topological polar surface area (TPSA) is 92.1 Å². The molecule has 8 nitrogen and oxygen atoms in total. The molecule has 0 radical (unpaired) electrons. The summed E-state index contributed by atoms with van der Waals surface area (Å²) < 4.78 is 6.96. The van der Waals surface area contributed by atoms with Crippen molar-refractivity contribution in [2.24, 2.45) is 0 Å². The molecule has 1 aliphatic rings. The number of carboxylic acid groups (broad SMARTS) is 1. The Balaban J connectivity index is 0.00000243. The van der Waals surface area contributed by atoms with Crippen LogP contribution in [0, 0.1) is 0 Å². The molecule has 1 N–H and O–H groups in total. The van der Waals surface area contributed by atoms with Crippen LogP contribution >= 0.6 is 0 Å². The Morgan fingerprint density at radius 2 is 1.85 bits per heavy atom. The van der Waals surface area contributed by atoms with Crippen LogP contribution in [0.25, 0.3) is 0 Å². The summed E-state index contributed by atoms with van der Waals surface area (Å²) in [4.78, 5) is 37.9. The number of hydrogen-bond acceptors (Lipinski definition) is 5. The Labute approximate surface area is 150 Å². The lowest BCUT2D eigenvalue weighted by Crippen LogP contribution is -2.51. The van der Waals surface area contributed by atoms with Gasteiger partial charge in [0, 0.05) is 20.3 Å². The second-order valence-corrected chi connectivity index (χ2v) is 5.78. The Morgan fingerprint density at radius 3 is 2.46 bits per heavy atom. The lowest BCUT2D eigenvalue weighted by molar-refractivity contribution is 0.0682. The van der Waals surface area contributed by atoms with Gasteiger partial charge in [-0.15, -0.1) is 0 Å². The fourth-order valence-electron chi connectivity index (χ4n) is 2.68. The minimum Gasteiger partial charge on any atom is -0.482 e. The Bertz CT molecular complexity index is 892. The molecule has 2 aromatic rings. The number of hydrogen-bond donors (Lipinski definition) is 1. The average molecular weight is 359 g/mol. The number of carboxylic acids is 1. The highest BCUT2D eigenvalue weighted by molar-refractivity contribution is 5.97. The van der Waals surface area contributed by atoms with Gasteiger partial charge in [0.1, 0.15) is 18.8 Å². The van der Waals surface area contributed by atoms with Gasteiger partial charge in [-0.2, -0.15) is 0 Å². The molecule has 1 aliphatic heterocycles. The third kappa shape index (κ3) is 3.26. The molecule has 138 valence electrons. The quantitative estimate of drug-likeness (QED) is 0.886. The summed E-state index contributed by atoms with van der Waals surface area (Å²) in [5, 5.41) is 10.9. The van der Waals surface area contributed by atoms with Crippen LogP contribution in [0.2, 0.25) is 0 Å². The number of nitrogens with zero attached hydrogens (tertiary/aromatic N) is 3. The molecule has 0 bridgehead atoms. The molecule has 26 heavy (non-hydrogen) atoms. The van der Waals surface area contributed by atoms with Gasteiger partial charge >= 0.3 is 5.97 Å². The molecule has 1 aromatic carbocycles. The molecule has 0 unspecified atom stereocenters. The standard InChI is InChI=1S/C17H17N3O5.CH4/c1-18-10-19(2)20-8-12(17(23)24)14(21)15(13(20)16(18)22)25-9-11-6-4-3-5-7-11;/h3-8H,9-10H2,1-2H3,(H,23,24);1H4. The average Bonchev–Trinajstić information content (AvgIpc) is 2.59. The minimum absolute atomic E-state index is 0. The van der Waals surface area contributed by atoms with E-state index in [1.165, 1.54) is 9.58 Å². The summed E-state index contributed by atoms with van der Waals surface area (Å²) in [5.41, 5.74) is -0.448. The number of aromatic nitrogens is 1. The first-order chi connectivity index (χ1) is 11.9. The lowest BCUT2D eigenvalue weighted by atomic mass is 10.2. The van der Waals surface area contributed by atoms with Gasteiger partial charge in [-0.1, -0.05) is 37.8 Å². The fourth-order valence-corrected chi connectivity index (χ4v) is 2.68. The predicted molar refractivity (Wildman–Crippen MR) is 96.3 cm³/mol. The largest absolute Gasteiger partial charge is 0.482 e. The first-order valence-corrected chi connectivity index (χ1v) is 7.56. The van der Waals surface area contributed by atoms with Crippen LogP contribution in [0.3, 0.4) is 0 Å². The van der Waals surface area contributed by atoms with Gasteiger partial charge in [0.15, 0.2) is 11.4 Å². The van der Waals surface area contributed by atoms with Gasteiger partial charge in [0.25, 0.3) is 5.91 Å². The molecular formula is C18H21N3O5. The number of benzene rings is 1. The number of fused-ring (bicyclic) bond motifs is 1. The van der Waals surface area contributed by atoms with E-state index in [4.69, 9.17) is 4.74 Å². The number of rotatable bonds is 4. The molecular weight excluding hydrogens is 338 g/mol. The molecule has 1 aromatic heterocycles. The van der Waals surface area contributed by atoms with E-state index in [0.717, 1.165) is 11.8 Å². The van der Waals surface area contributed by atoms with Crippen molar-refractivity contribution in [1.29, 1.82) is 0 Å². The fraction of sp³-hybridized carbons (Fsp3) is 0.278. The van der Waals surface area contributed by atoms with Crippen LogP contribution in [0.5, 0.6) is 5.75 Å². The second-order valence-electron chi connectivity index (χ2n) is 5.78. The Hall–Kier alpha value is -3.29. The van der Waals surface area contributed by atoms with Crippen molar-refractivity contribution >= 4 is 11.9 Å². The van der Waals surface area contributed by atoms with E-state index in [1.807, 2.05) is 30.3 Å². The van der Waals surface area contributed by atoms with Gasteiger partial charge in [-0.3, -0.25) is 19.3 Å². The number of carbonyl (C=O) groups excluding carboxylic acids is 1. The predicted octanol–water partition coefficient (Wildman–Crippen LogP) is 1.37. The molecule has 0 saturated carbocycles. The third-order valence-electron chi connectivity index (χ3n) is 3.94. The van der Waals surface area contributed by atoms with E-state index in [0.29, 0.717) is 0 Å². The van der Waals surface area contributed by atoms with Crippen LogP contribution in [-0.2, 0) is 6.61 Å². The molecule has 0 aliphatic carbocycles. The zero-order chi connectivity index (χ0) is 18.1. The molecule has 3 rings (SSSR count). The summed E-state index contributed by atoms with van der Waals surface area (Å²) in [6.07, 6.45) is 1.15. The van der Waals surface area contributed by atoms with E-state index in [1.54, 1.807) is 19.1 Å². The van der Waals surface area contributed by atoms with Gasteiger partial charge in [-0.05, 0) is 5.56 Å². The first kappa shape index (κ1) is 19.0. The van der Waals surface area contributed by atoms with Crippen LogP contribution < -0.4 is 15.2 Å². The Morgan fingerprint density at radius 1 is 1.19 bits per heavy atom. The molecule has 0 fully saturated rings. The highest BCUT2D eigenvalue weighted by atomic mass is 16.5. The van der Waals surface area contributed by atoms with E-state index in [2.05, 4.69) is 0 Å². The van der Waals surface area contributed by atoms with Gasteiger partial charge in [0.2, 0.25) is 5.43 Å². The van der Waals surface area contributed by atoms with Crippen LogP contribution in [0.15, 0.2) is 41.3 Å². The van der Waals surface area contributed by atoms with Crippen LogP contribution in [0.4, 0.5) is 0 Å². The molecule has 8 heteroatoms. The summed E-state index contributed by atoms with van der Waals surface area (Å²) in [6.45, 7) is 0.304. The SMILES string of the molecule is C.CN1CN(C)n2cc(C(=O)O)c(=O)c(OCc3ccccc3)c2C1=O. The monoisotopic (exact) mass is 359 g/mol. The zero-order valence-electron chi connectivity index (χ0n) is 13.8. The van der Waals surface area contributed by atoms with Crippen molar-refractivity contribution < 1.29 is 19.4 Å². The number of ether oxygens (including phenoxy) is 1. The molecule has 1 amide bonds. The second kappa shape index (κ2) is 7.30. The maximum atomic E-state index is 12.6. The van der Waals surface area contributed by atoms with Crippen molar-refractivity contribution in [3.05, 3.63) is 63.6 Å². The molecule has 2 heterocycles. The van der Waals surface area contributed by atoms with E-state index in [9.17, 15) is 19.5 Å². The van der Waals surface area contributed by atoms with E-state index in [-0.39, 0.29) is 32.1 Å². The highest BCUT2D eigenvalue weighted by Gasteiger charge is 2.32. The van der Waals surface area contributed by atoms with Gasteiger partial charge in [-0.25, -0.2) is 4.79 Å². The minimum atomic E-state index is -1.37. The summed E-state index contributed by atoms with van der Waals surface area (Å²) >= 11 is 0. The molecule has 0 spiro atoms. The maximum Gasteiger partial charge on any atom is 0.341 e. The first-order valence-electron chi connectivity index (χ1n) is 7.56. The number of pyridine rings is 1. The van der Waals surface area contributed by atoms with Crippen molar-refractivity contribution in [2.75, 3.05) is 25.8 Å². The highest BCUT2D eigenvalue weighted by Crippen LogP contribution is 2.22. The number of amides is 1. The summed E-state index contributed by atoms with van der Waals surface area (Å²) in [5.74, 6) is -2.04. The van der Waals surface area contributed by atoms with Gasteiger partial charge in [0.05, 0.1) is 0 Å². The zero-order valence-corrected chi connectivity index (χ0v) is 13.8. The molecule has 0 saturated heterocycles. The van der Waals surface area contributed by atoms with Crippen molar-refractivity contribution in [3.63, 3.8) is 0 Å². The van der Waals surface area contributed by atoms with Gasteiger partial charge < -0.3 is 14.7 Å². The number of aromatic carboxylic acids is 1. The summed E-state index contributed by atoms with van der Waals surface area (Å²) in [6, 6.07) is 9.11. The number of carbonyl (C=O) groups is 2. The third-order valence-corrected chi connectivity index (χ3v) is 3.94. The smallest absolute Gasteiger partial charge is 0.341 e. The van der Waals surface area contributed by atoms with E-state index < -0.39 is 22.9 Å². The maximum absolute atomic E-state index is 12.6. The Kier molecular flexibility index (Phi) is 5.35. The lowest BCUT2D eigenvalue weighted by Gasteiger charge is -2.36. The van der Waals surface area contributed by atoms with Crippen molar-refractivity contribution in [3.8, 4) is 5.75 Å². The van der Waals surface area contributed by atoms with Crippen LogP contribution in [-0.4, -0.2) is 47.3 Å². The normalized spacial score (nSPS) is 13.1.